The average Bonchev–Trinajstić information content (AvgIpc) is 2.84. The molecule has 0 aromatic carbocycles. The van der Waals surface area contributed by atoms with Crippen LogP contribution in [0.25, 0.3) is 0 Å². The molecule has 0 amide bonds. The molecule has 2 rings (SSSR count). The molecule has 0 unspecified atom stereocenters. The summed E-state index contributed by atoms with van der Waals surface area (Å²) in [6.07, 6.45) is 4.73. The van der Waals surface area contributed by atoms with E-state index in [1.165, 1.54) is 29.7 Å². The highest BCUT2D eigenvalue weighted by atomic mass is 32.2. The molecule has 0 bridgehead atoms. The fourth-order valence-electron chi connectivity index (χ4n) is 1.71. The van der Waals surface area contributed by atoms with Crippen molar-refractivity contribution in [1.82, 2.24) is 19.1 Å². The molecule has 0 saturated heterocycles. The third-order valence-electron chi connectivity index (χ3n) is 2.82. The highest BCUT2D eigenvalue weighted by Crippen LogP contribution is 2.14. The van der Waals surface area contributed by atoms with E-state index in [9.17, 15) is 8.42 Å². The molecular weight excluding hydrogens is 280 g/mol. The lowest BCUT2D eigenvalue weighted by atomic mass is 10.3. The number of hydrogen-bond acceptors (Lipinski definition) is 5. The van der Waals surface area contributed by atoms with Gasteiger partial charge in [0.05, 0.1) is 12.8 Å². The van der Waals surface area contributed by atoms with Gasteiger partial charge in [-0.15, -0.1) is 0 Å². The Bertz CT molecular complexity index is 679. The van der Waals surface area contributed by atoms with Crippen molar-refractivity contribution >= 4 is 10.0 Å². The number of aliphatic hydroxyl groups excluding tert-OH is 1. The molecule has 0 fully saturated rings. The molecule has 0 saturated carbocycles. The van der Waals surface area contributed by atoms with Crippen molar-refractivity contribution in [3.8, 4) is 0 Å². The Kier molecular flexibility index (Phi) is 4.17. The Labute approximate surface area is 117 Å². The van der Waals surface area contributed by atoms with Gasteiger partial charge in [-0.05, 0) is 11.6 Å². The second-order valence-electron chi connectivity index (χ2n) is 4.45. The van der Waals surface area contributed by atoms with Crippen molar-refractivity contribution in [2.24, 2.45) is 7.05 Å². The number of hydrogen-bond donors (Lipinski definition) is 1. The molecular formula is C12H16N4O3S. The first-order valence-corrected chi connectivity index (χ1v) is 7.37. The first-order chi connectivity index (χ1) is 9.43. The zero-order valence-corrected chi connectivity index (χ0v) is 12.1. The van der Waals surface area contributed by atoms with Gasteiger partial charge in [0, 0.05) is 38.6 Å². The maximum Gasteiger partial charge on any atom is 0.260 e. The quantitative estimate of drug-likeness (QED) is 0.847. The third kappa shape index (κ3) is 3.03. The van der Waals surface area contributed by atoms with Crippen molar-refractivity contribution < 1.29 is 13.5 Å². The summed E-state index contributed by atoms with van der Waals surface area (Å²) in [5, 5.41) is 12.9. The lowest BCUT2D eigenvalue weighted by Gasteiger charge is -2.15. The van der Waals surface area contributed by atoms with Gasteiger partial charge in [0.2, 0.25) is 0 Å². The van der Waals surface area contributed by atoms with Crippen LogP contribution < -0.4 is 0 Å². The maximum atomic E-state index is 12.3. The van der Waals surface area contributed by atoms with E-state index in [2.05, 4.69) is 10.1 Å². The van der Waals surface area contributed by atoms with E-state index in [0.717, 1.165) is 5.56 Å². The second kappa shape index (κ2) is 5.70. The smallest absolute Gasteiger partial charge is 0.260 e. The highest BCUT2D eigenvalue weighted by molar-refractivity contribution is 7.89. The molecule has 0 aliphatic rings. The summed E-state index contributed by atoms with van der Waals surface area (Å²) < 4.78 is 27.5. The van der Waals surface area contributed by atoms with Crippen LogP contribution in [0.4, 0.5) is 0 Å². The summed E-state index contributed by atoms with van der Waals surface area (Å²) >= 11 is 0. The van der Waals surface area contributed by atoms with Crippen molar-refractivity contribution in [1.29, 1.82) is 0 Å². The molecule has 0 aliphatic carbocycles. The molecule has 1 N–H and O–H groups in total. The van der Waals surface area contributed by atoms with E-state index in [0.29, 0.717) is 5.56 Å². The monoisotopic (exact) mass is 296 g/mol. The van der Waals surface area contributed by atoms with Crippen molar-refractivity contribution in [2.75, 3.05) is 7.05 Å². The summed E-state index contributed by atoms with van der Waals surface area (Å²) in [6, 6.07) is 2.93. The zero-order chi connectivity index (χ0) is 14.8. The van der Waals surface area contributed by atoms with Crippen molar-refractivity contribution in [2.45, 2.75) is 18.2 Å². The number of aliphatic hydroxyl groups is 1. The van der Waals surface area contributed by atoms with Gasteiger partial charge < -0.3 is 5.11 Å². The molecule has 0 aliphatic heterocycles. The van der Waals surface area contributed by atoms with Crippen LogP contribution in [0.3, 0.4) is 0 Å². The lowest BCUT2D eigenvalue weighted by Crippen LogP contribution is -2.27. The molecule has 0 radical (unpaired) electrons. The number of aryl methyl sites for hydroxylation is 1. The van der Waals surface area contributed by atoms with Gasteiger partial charge >= 0.3 is 0 Å². The van der Waals surface area contributed by atoms with E-state index in [1.807, 2.05) is 0 Å². The standard InChI is InChI=1S/C12H16N4O3S/c1-15-7-11(6-14-15)8-16(2)20(18,19)12-4-3-10(9-17)5-13-12/h3-7,17H,8-9H2,1-2H3. The fourth-order valence-corrected chi connectivity index (χ4v) is 2.78. The Morgan fingerprint density at radius 1 is 1.30 bits per heavy atom. The van der Waals surface area contributed by atoms with Gasteiger partial charge in [-0.25, -0.2) is 13.4 Å². The van der Waals surface area contributed by atoms with Crippen LogP contribution in [0.5, 0.6) is 0 Å². The Morgan fingerprint density at radius 3 is 2.55 bits per heavy atom. The molecule has 2 aromatic heterocycles. The summed E-state index contributed by atoms with van der Waals surface area (Å²) in [5.41, 5.74) is 1.37. The van der Waals surface area contributed by atoms with E-state index in [1.54, 1.807) is 24.1 Å². The summed E-state index contributed by atoms with van der Waals surface area (Å²) in [7, 11) is -0.388. The van der Waals surface area contributed by atoms with Gasteiger partial charge in [-0.3, -0.25) is 4.68 Å². The van der Waals surface area contributed by atoms with Crippen LogP contribution in [0.2, 0.25) is 0 Å². The van der Waals surface area contributed by atoms with Crippen LogP contribution in [-0.4, -0.2) is 39.6 Å². The molecule has 7 nitrogen and oxygen atoms in total. The summed E-state index contributed by atoms with van der Waals surface area (Å²) in [5.74, 6) is 0. The van der Waals surface area contributed by atoms with Gasteiger partial charge in [-0.2, -0.15) is 9.40 Å². The first-order valence-electron chi connectivity index (χ1n) is 5.93. The van der Waals surface area contributed by atoms with Crippen molar-refractivity contribution in [3.63, 3.8) is 0 Å². The molecule has 2 heterocycles. The number of nitrogens with zero attached hydrogens (tertiary/aromatic N) is 4. The van der Waals surface area contributed by atoms with E-state index < -0.39 is 10.0 Å². The van der Waals surface area contributed by atoms with Gasteiger partial charge in [0.15, 0.2) is 5.03 Å². The average molecular weight is 296 g/mol. The molecule has 108 valence electrons. The molecule has 8 heteroatoms. The fraction of sp³-hybridized carbons (Fsp3) is 0.333. The van der Waals surface area contributed by atoms with Crippen molar-refractivity contribution in [3.05, 3.63) is 41.9 Å². The summed E-state index contributed by atoms with van der Waals surface area (Å²) in [4.78, 5) is 3.88. The van der Waals surface area contributed by atoms with Crippen LogP contribution in [0, 0.1) is 0 Å². The SMILES string of the molecule is CN(Cc1cnn(C)c1)S(=O)(=O)c1ccc(CO)cn1. The van der Waals surface area contributed by atoms with Crippen LogP contribution in [0.15, 0.2) is 35.7 Å². The Balaban J connectivity index is 2.19. The minimum Gasteiger partial charge on any atom is -0.392 e. The van der Waals surface area contributed by atoms with Gasteiger partial charge in [-0.1, -0.05) is 6.07 Å². The largest absolute Gasteiger partial charge is 0.392 e. The van der Waals surface area contributed by atoms with Gasteiger partial charge in [0.25, 0.3) is 10.0 Å². The predicted octanol–water partition coefficient (Wildman–Crippen LogP) is 0.128. The minimum absolute atomic E-state index is 0.0407. The highest BCUT2D eigenvalue weighted by Gasteiger charge is 2.22. The first kappa shape index (κ1) is 14.6. The summed E-state index contributed by atoms with van der Waals surface area (Å²) in [6.45, 7) is 0.0540. The normalized spacial score (nSPS) is 12.0. The number of pyridine rings is 1. The van der Waals surface area contributed by atoms with Crippen LogP contribution in [0.1, 0.15) is 11.1 Å². The van der Waals surface area contributed by atoms with E-state index in [4.69, 9.17) is 5.11 Å². The topological polar surface area (TPSA) is 88.3 Å². The Hall–Kier alpha value is -1.77. The number of aromatic nitrogens is 3. The molecule has 2 aromatic rings. The predicted molar refractivity (Wildman–Crippen MR) is 72.0 cm³/mol. The van der Waals surface area contributed by atoms with Crippen LogP contribution >= 0.6 is 0 Å². The van der Waals surface area contributed by atoms with E-state index in [-0.39, 0.29) is 18.2 Å². The van der Waals surface area contributed by atoms with Gasteiger partial charge in [0.1, 0.15) is 0 Å². The third-order valence-corrected chi connectivity index (χ3v) is 4.54. The zero-order valence-electron chi connectivity index (χ0n) is 11.3. The van der Waals surface area contributed by atoms with E-state index >= 15 is 0 Å². The lowest BCUT2D eigenvalue weighted by molar-refractivity contribution is 0.281. The minimum atomic E-state index is -3.65. The second-order valence-corrected chi connectivity index (χ2v) is 6.44. The van der Waals surface area contributed by atoms with Crippen LogP contribution in [-0.2, 0) is 30.2 Å². The molecule has 20 heavy (non-hydrogen) atoms. The molecule has 0 atom stereocenters. The number of sulfonamides is 1. The maximum absolute atomic E-state index is 12.3. The molecule has 0 spiro atoms. The Morgan fingerprint density at radius 2 is 2.05 bits per heavy atom. The number of rotatable bonds is 5.